The molecule has 3 aromatic rings. The van der Waals surface area contributed by atoms with Crippen molar-refractivity contribution in [3.63, 3.8) is 0 Å². The molecule has 0 spiro atoms. The van der Waals surface area contributed by atoms with Crippen LogP contribution in [0.3, 0.4) is 0 Å². The van der Waals surface area contributed by atoms with Crippen molar-refractivity contribution in [2.75, 3.05) is 11.9 Å². The molecular formula is C22H21ClN2O4. The first-order valence-corrected chi connectivity index (χ1v) is 9.40. The molecule has 6 nitrogen and oxygen atoms in total. The molecule has 0 fully saturated rings. The third-order valence-corrected chi connectivity index (χ3v) is 4.81. The number of ether oxygens (including phenoxy) is 1. The van der Waals surface area contributed by atoms with Crippen LogP contribution in [0.5, 0.6) is 5.75 Å². The summed E-state index contributed by atoms with van der Waals surface area (Å²) in [4.78, 5) is 24.3. The lowest BCUT2D eigenvalue weighted by Crippen LogP contribution is -2.23. The molecule has 0 saturated carbocycles. The summed E-state index contributed by atoms with van der Waals surface area (Å²) in [5.74, 6) is 0.734. The Kier molecular flexibility index (Phi) is 6.57. The van der Waals surface area contributed by atoms with Crippen molar-refractivity contribution in [1.82, 2.24) is 5.32 Å². The van der Waals surface area contributed by atoms with Crippen LogP contribution in [0.2, 0.25) is 5.02 Å². The first kappa shape index (κ1) is 20.5. The molecule has 1 aromatic heterocycles. The second kappa shape index (κ2) is 9.30. The molecule has 0 radical (unpaired) electrons. The highest BCUT2D eigenvalue weighted by atomic mass is 35.5. The van der Waals surface area contributed by atoms with Crippen molar-refractivity contribution in [2.24, 2.45) is 0 Å². The van der Waals surface area contributed by atoms with Crippen LogP contribution in [0, 0.1) is 13.8 Å². The molecule has 1 heterocycles. The molecule has 2 N–H and O–H groups in total. The smallest absolute Gasteiger partial charge is 0.262 e. The lowest BCUT2D eigenvalue weighted by atomic mass is 10.1. The third-order valence-electron chi connectivity index (χ3n) is 4.21. The van der Waals surface area contributed by atoms with Gasteiger partial charge in [-0.25, -0.2) is 0 Å². The van der Waals surface area contributed by atoms with Gasteiger partial charge in [0.05, 0.1) is 12.8 Å². The van der Waals surface area contributed by atoms with Gasteiger partial charge in [0, 0.05) is 16.3 Å². The Morgan fingerprint density at radius 1 is 1.07 bits per heavy atom. The van der Waals surface area contributed by atoms with E-state index in [1.807, 2.05) is 13.8 Å². The van der Waals surface area contributed by atoms with E-state index in [9.17, 15) is 9.59 Å². The highest BCUT2D eigenvalue weighted by Gasteiger charge is 2.09. The van der Waals surface area contributed by atoms with Crippen LogP contribution in [0.4, 0.5) is 5.69 Å². The fraction of sp³-hybridized carbons (Fsp3) is 0.182. The van der Waals surface area contributed by atoms with Crippen molar-refractivity contribution in [1.29, 1.82) is 0 Å². The number of furan rings is 1. The predicted molar refractivity (Wildman–Crippen MR) is 111 cm³/mol. The Balaban J connectivity index is 1.50. The zero-order chi connectivity index (χ0) is 20.8. The molecule has 0 atom stereocenters. The zero-order valence-electron chi connectivity index (χ0n) is 16.1. The second-order valence-corrected chi connectivity index (χ2v) is 6.93. The normalized spacial score (nSPS) is 10.4. The average molecular weight is 413 g/mol. The van der Waals surface area contributed by atoms with Crippen LogP contribution in [0.25, 0.3) is 0 Å². The maximum absolute atomic E-state index is 12.1. The van der Waals surface area contributed by atoms with Crippen molar-refractivity contribution in [3.05, 3.63) is 82.3 Å². The fourth-order valence-electron chi connectivity index (χ4n) is 2.72. The molecule has 0 saturated heterocycles. The van der Waals surface area contributed by atoms with Gasteiger partial charge < -0.3 is 19.8 Å². The Hall–Kier alpha value is -3.25. The zero-order valence-corrected chi connectivity index (χ0v) is 16.9. The van der Waals surface area contributed by atoms with Gasteiger partial charge in [-0.2, -0.15) is 0 Å². The van der Waals surface area contributed by atoms with Crippen molar-refractivity contribution < 1.29 is 18.7 Å². The molecule has 7 heteroatoms. The van der Waals surface area contributed by atoms with E-state index in [4.69, 9.17) is 20.8 Å². The Morgan fingerprint density at radius 3 is 2.38 bits per heavy atom. The monoisotopic (exact) mass is 412 g/mol. The summed E-state index contributed by atoms with van der Waals surface area (Å²) >= 11 is 6.13. The van der Waals surface area contributed by atoms with E-state index in [0.29, 0.717) is 34.3 Å². The molecule has 2 amide bonds. The quantitative estimate of drug-likeness (QED) is 0.598. The van der Waals surface area contributed by atoms with E-state index in [1.54, 1.807) is 54.8 Å². The van der Waals surface area contributed by atoms with Crippen LogP contribution in [-0.2, 0) is 11.3 Å². The predicted octanol–water partition coefficient (Wildman–Crippen LogP) is 4.50. The maximum Gasteiger partial charge on any atom is 0.262 e. The molecule has 3 rings (SSSR count). The molecule has 0 bridgehead atoms. The SMILES string of the molecule is Cc1cc(OCC(=O)Nc2ccc(C(=O)NCc3ccco3)cc2)cc(C)c1Cl. The summed E-state index contributed by atoms with van der Waals surface area (Å²) in [7, 11) is 0. The maximum atomic E-state index is 12.1. The number of hydrogen-bond acceptors (Lipinski definition) is 4. The molecule has 29 heavy (non-hydrogen) atoms. The number of halogens is 1. The van der Waals surface area contributed by atoms with Gasteiger partial charge in [0.15, 0.2) is 6.61 Å². The molecule has 0 aliphatic rings. The van der Waals surface area contributed by atoms with Gasteiger partial charge in [-0.15, -0.1) is 0 Å². The van der Waals surface area contributed by atoms with Gasteiger partial charge in [-0.1, -0.05) is 11.6 Å². The number of aryl methyl sites for hydroxylation is 2. The summed E-state index contributed by atoms with van der Waals surface area (Å²) in [6, 6.07) is 13.7. The minimum atomic E-state index is -0.301. The van der Waals surface area contributed by atoms with Crippen LogP contribution >= 0.6 is 11.6 Å². The lowest BCUT2D eigenvalue weighted by molar-refractivity contribution is -0.118. The van der Waals surface area contributed by atoms with Gasteiger partial charge in [-0.05, 0) is 73.5 Å². The van der Waals surface area contributed by atoms with Gasteiger partial charge in [0.2, 0.25) is 0 Å². The van der Waals surface area contributed by atoms with Crippen LogP contribution in [0.1, 0.15) is 27.2 Å². The fourth-order valence-corrected chi connectivity index (χ4v) is 2.83. The van der Waals surface area contributed by atoms with Gasteiger partial charge >= 0.3 is 0 Å². The van der Waals surface area contributed by atoms with E-state index in [2.05, 4.69) is 10.6 Å². The summed E-state index contributed by atoms with van der Waals surface area (Å²) < 4.78 is 10.7. The topological polar surface area (TPSA) is 80.6 Å². The largest absolute Gasteiger partial charge is 0.484 e. The van der Waals surface area contributed by atoms with Gasteiger partial charge in [-0.3, -0.25) is 9.59 Å². The molecular weight excluding hydrogens is 392 g/mol. The third kappa shape index (κ3) is 5.62. The van der Waals surface area contributed by atoms with Crippen molar-refractivity contribution in [2.45, 2.75) is 20.4 Å². The van der Waals surface area contributed by atoms with E-state index in [1.165, 1.54) is 0 Å². The standard InChI is InChI=1S/C22H21ClN2O4/c1-14-10-19(11-15(2)21(14)23)29-13-20(26)25-17-7-5-16(6-8-17)22(27)24-12-18-4-3-9-28-18/h3-11H,12-13H2,1-2H3,(H,24,27)(H,25,26). The number of nitrogens with one attached hydrogen (secondary N) is 2. The number of carbonyl (C=O) groups is 2. The highest BCUT2D eigenvalue weighted by molar-refractivity contribution is 6.32. The summed E-state index contributed by atoms with van der Waals surface area (Å²) in [6.07, 6.45) is 1.55. The minimum absolute atomic E-state index is 0.133. The van der Waals surface area contributed by atoms with Crippen LogP contribution in [0.15, 0.2) is 59.2 Å². The number of amides is 2. The minimum Gasteiger partial charge on any atom is -0.484 e. The summed E-state index contributed by atoms with van der Waals surface area (Å²) in [5.41, 5.74) is 2.84. The molecule has 2 aromatic carbocycles. The number of carbonyl (C=O) groups excluding carboxylic acids is 2. The Labute approximate surface area is 173 Å². The van der Waals surface area contributed by atoms with Crippen molar-refractivity contribution in [3.8, 4) is 5.75 Å². The van der Waals surface area contributed by atoms with Gasteiger partial charge in [0.25, 0.3) is 11.8 Å². The van der Waals surface area contributed by atoms with E-state index >= 15 is 0 Å². The number of hydrogen-bond donors (Lipinski definition) is 2. The Morgan fingerprint density at radius 2 is 1.76 bits per heavy atom. The second-order valence-electron chi connectivity index (χ2n) is 6.55. The molecule has 150 valence electrons. The van der Waals surface area contributed by atoms with E-state index in [0.717, 1.165) is 11.1 Å². The van der Waals surface area contributed by atoms with E-state index < -0.39 is 0 Å². The molecule has 0 aliphatic heterocycles. The van der Waals surface area contributed by atoms with Crippen LogP contribution in [-0.4, -0.2) is 18.4 Å². The first-order valence-electron chi connectivity index (χ1n) is 9.02. The number of anilines is 1. The van der Waals surface area contributed by atoms with E-state index in [-0.39, 0.29) is 18.4 Å². The average Bonchev–Trinajstić information content (AvgIpc) is 3.23. The molecule has 0 aliphatic carbocycles. The van der Waals surface area contributed by atoms with Gasteiger partial charge in [0.1, 0.15) is 11.5 Å². The highest BCUT2D eigenvalue weighted by Crippen LogP contribution is 2.25. The number of benzene rings is 2. The number of rotatable bonds is 7. The summed E-state index contributed by atoms with van der Waals surface area (Å²) in [5, 5.41) is 6.19. The lowest BCUT2D eigenvalue weighted by Gasteiger charge is -2.11. The summed E-state index contributed by atoms with van der Waals surface area (Å²) in [6.45, 7) is 3.94. The van der Waals surface area contributed by atoms with Crippen LogP contribution < -0.4 is 15.4 Å². The van der Waals surface area contributed by atoms with Crippen molar-refractivity contribution >= 4 is 29.1 Å². The first-order chi connectivity index (χ1) is 13.9. The Bertz CT molecular complexity index is 975. The molecule has 0 unspecified atom stereocenters.